The number of nitrogens with two attached hydrogens (primary N) is 1. The zero-order chi connectivity index (χ0) is 26.9. The molecule has 1 aliphatic heterocycles. The van der Waals surface area contributed by atoms with Crippen molar-refractivity contribution in [2.24, 2.45) is 17.6 Å². The van der Waals surface area contributed by atoms with Gasteiger partial charge in [-0.15, -0.1) is 0 Å². The first-order valence-electron chi connectivity index (χ1n) is 13.3. The summed E-state index contributed by atoms with van der Waals surface area (Å²) in [6.07, 6.45) is 4.71. The van der Waals surface area contributed by atoms with Crippen molar-refractivity contribution in [2.45, 2.75) is 68.5 Å². The van der Waals surface area contributed by atoms with Gasteiger partial charge < -0.3 is 36.2 Å². The summed E-state index contributed by atoms with van der Waals surface area (Å²) in [5.74, 6) is -6.04. The third kappa shape index (κ3) is 3.47. The molecule has 4 aliphatic carbocycles. The Bertz CT molecular complexity index is 1310. The van der Waals surface area contributed by atoms with E-state index in [1.807, 2.05) is 6.07 Å². The zero-order valence-corrected chi connectivity index (χ0v) is 20.9. The summed E-state index contributed by atoms with van der Waals surface area (Å²) < 4.78 is 5.40. The van der Waals surface area contributed by atoms with Crippen LogP contribution in [-0.4, -0.2) is 68.8 Å². The fourth-order valence-corrected chi connectivity index (χ4v) is 7.11. The van der Waals surface area contributed by atoms with Gasteiger partial charge in [0.1, 0.15) is 22.8 Å². The van der Waals surface area contributed by atoms with Gasteiger partial charge >= 0.3 is 0 Å². The molecule has 1 amide bonds. The molecular weight excluding hydrogens is 492 g/mol. The lowest BCUT2D eigenvalue weighted by atomic mass is 9.57. The van der Waals surface area contributed by atoms with Crippen molar-refractivity contribution in [1.82, 2.24) is 5.32 Å². The Balaban J connectivity index is 1.48. The number of nitrogens with one attached hydrogen (secondary N) is 1. The number of fused-ring (bicyclic) bond motifs is 3. The number of benzene rings is 1. The first-order valence-corrected chi connectivity index (χ1v) is 13.3. The number of aromatic hydroxyl groups is 1. The summed E-state index contributed by atoms with van der Waals surface area (Å²) in [6, 6.07) is 2.06. The van der Waals surface area contributed by atoms with Crippen LogP contribution >= 0.6 is 0 Å². The average Bonchev–Trinajstić information content (AvgIpc) is 2.85. The van der Waals surface area contributed by atoms with Gasteiger partial charge in [0.15, 0.2) is 11.4 Å². The highest BCUT2D eigenvalue weighted by atomic mass is 16.5. The molecule has 202 valence electrons. The van der Waals surface area contributed by atoms with Crippen LogP contribution < -0.4 is 11.1 Å². The largest absolute Gasteiger partial charge is 0.508 e. The summed E-state index contributed by atoms with van der Waals surface area (Å²) in [7, 11) is 0. The molecule has 0 spiro atoms. The lowest BCUT2D eigenvalue weighted by Gasteiger charge is -2.50. The molecule has 10 nitrogen and oxygen atoms in total. The summed E-state index contributed by atoms with van der Waals surface area (Å²) in [5, 5.41) is 48.1. The Morgan fingerprint density at radius 3 is 2.39 bits per heavy atom. The number of Topliss-reactive ketones (excluding diaryl/α,β-unsaturated/α-hetero) is 2. The molecule has 1 saturated heterocycles. The number of primary amides is 1. The minimum atomic E-state index is -2.64. The van der Waals surface area contributed by atoms with Crippen molar-refractivity contribution in [3.8, 4) is 5.75 Å². The number of ketones is 2. The molecule has 0 aromatic heterocycles. The van der Waals surface area contributed by atoms with Crippen LogP contribution in [0.4, 0.5) is 0 Å². The fraction of sp³-hybridized carbons (Fsp3) is 0.536. The highest BCUT2D eigenvalue weighted by Gasteiger charge is 2.64. The molecule has 3 fully saturated rings. The van der Waals surface area contributed by atoms with Crippen LogP contribution in [0.15, 0.2) is 29.0 Å². The Morgan fingerprint density at radius 1 is 1.05 bits per heavy atom. The molecule has 1 heterocycles. The van der Waals surface area contributed by atoms with Crippen molar-refractivity contribution in [3.63, 3.8) is 0 Å². The van der Waals surface area contributed by atoms with E-state index in [9.17, 15) is 34.8 Å². The van der Waals surface area contributed by atoms with Crippen LogP contribution in [0, 0.1) is 11.8 Å². The number of carbonyl (C=O) groups excluding carboxylic acids is 3. The molecule has 1 aromatic carbocycles. The van der Waals surface area contributed by atoms with Crippen molar-refractivity contribution in [1.29, 1.82) is 0 Å². The van der Waals surface area contributed by atoms with Crippen molar-refractivity contribution in [3.05, 3.63) is 45.7 Å². The molecule has 2 saturated carbocycles. The second-order valence-electron chi connectivity index (χ2n) is 11.2. The Hall–Kier alpha value is -3.21. The smallest absolute Gasteiger partial charge is 0.255 e. The average molecular weight is 525 g/mol. The van der Waals surface area contributed by atoms with Gasteiger partial charge in [-0.25, -0.2) is 0 Å². The van der Waals surface area contributed by atoms with Gasteiger partial charge in [-0.05, 0) is 67.6 Å². The number of phenolic OH excluding ortho intramolecular Hbond substituents is 1. The number of carbonyl (C=O) groups is 3. The van der Waals surface area contributed by atoms with Gasteiger partial charge in [-0.3, -0.25) is 14.4 Å². The Morgan fingerprint density at radius 2 is 1.76 bits per heavy atom. The summed E-state index contributed by atoms with van der Waals surface area (Å²) >= 11 is 0. The van der Waals surface area contributed by atoms with E-state index >= 15 is 0 Å². The van der Waals surface area contributed by atoms with Crippen molar-refractivity contribution in [2.75, 3.05) is 13.2 Å². The van der Waals surface area contributed by atoms with Crippen molar-refractivity contribution >= 4 is 23.2 Å². The van der Waals surface area contributed by atoms with Crippen LogP contribution in [0.25, 0.3) is 5.76 Å². The van der Waals surface area contributed by atoms with Crippen LogP contribution in [0.2, 0.25) is 0 Å². The number of ether oxygens (including phenoxy) is 1. The number of hydrogen-bond acceptors (Lipinski definition) is 9. The van der Waals surface area contributed by atoms with E-state index in [0.717, 1.165) is 30.4 Å². The third-order valence-corrected chi connectivity index (χ3v) is 9.30. The summed E-state index contributed by atoms with van der Waals surface area (Å²) in [5.41, 5.74) is 3.82. The van der Waals surface area contributed by atoms with Crippen LogP contribution in [-0.2, 0) is 25.5 Å². The zero-order valence-electron chi connectivity index (χ0n) is 20.9. The second-order valence-corrected chi connectivity index (χ2v) is 11.2. The molecule has 1 aromatic rings. The third-order valence-electron chi connectivity index (χ3n) is 9.30. The molecule has 0 radical (unpaired) electrons. The van der Waals surface area contributed by atoms with Gasteiger partial charge in [0.25, 0.3) is 5.91 Å². The van der Waals surface area contributed by atoms with Gasteiger partial charge in [0.2, 0.25) is 5.78 Å². The number of aliphatic hydroxyl groups excluding tert-OH is 2. The SMILES string of the molecule is NC(=O)C1=C(O)[C@@]2(O)C(=O)C3=C(O)c4c(O)ccc(C5CCC5)c4C[C@H]3C[C@H]2[C@@H](NC2CCOCC2)C1=O. The topological polar surface area (TPSA) is 179 Å². The van der Waals surface area contributed by atoms with E-state index in [1.54, 1.807) is 0 Å². The molecule has 4 atom stereocenters. The monoisotopic (exact) mass is 524 g/mol. The molecule has 0 unspecified atom stereocenters. The van der Waals surface area contributed by atoms with E-state index in [-0.39, 0.29) is 29.3 Å². The molecular formula is C28H32N2O8. The van der Waals surface area contributed by atoms with Crippen LogP contribution in [0.3, 0.4) is 0 Å². The number of hydrogen-bond donors (Lipinski definition) is 6. The fourth-order valence-electron chi connectivity index (χ4n) is 7.11. The predicted octanol–water partition coefficient (Wildman–Crippen LogP) is 1.44. The maximum Gasteiger partial charge on any atom is 0.255 e. The second kappa shape index (κ2) is 8.93. The maximum atomic E-state index is 14.0. The molecule has 6 rings (SSSR count). The molecule has 0 bridgehead atoms. The molecule has 10 heteroatoms. The number of phenols is 1. The van der Waals surface area contributed by atoms with Crippen molar-refractivity contribution < 1.29 is 39.5 Å². The van der Waals surface area contributed by atoms with E-state index in [0.29, 0.717) is 38.4 Å². The van der Waals surface area contributed by atoms with E-state index in [2.05, 4.69) is 5.32 Å². The molecule has 38 heavy (non-hydrogen) atoms. The lowest BCUT2D eigenvalue weighted by molar-refractivity contribution is -0.150. The highest BCUT2D eigenvalue weighted by molar-refractivity contribution is 6.24. The minimum Gasteiger partial charge on any atom is -0.508 e. The normalized spacial score (nSPS) is 32.0. The first kappa shape index (κ1) is 25.1. The number of amides is 1. The number of aliphatic hydroxyl groups is 3. The first-order chi connectivity index (χ1) is 18.1. The summed E-state index contributed by atoms with van der Waals surface area (Å²) in [4.78, 5) is 39.7. The van der Waals surface area contributed by atoms with E-state index < -0.39 is 58.0 Å². The van der Waals surface area contributed by atoms with E-state index in [4.69, 9.17) is 10.5 Å². The van der Waals surface area contributed by atoms with Gasteiger partial charge in [0.05, 0.1) is 11.6 Å². The minimum absolute atomic E-state index is 0.0869. The lowest BCUT2D eigenvalue weighted by Crippen LogP contribution is -2.67. The predicted molar refractivity (Wildman–Crippen MR) is 134 cm³/mol. The molecule has 5 aliphatic rings. The standard InChI is InChI=1S/C28H32N2O8/c29-27(36)21-24(33)22(30-14-6-8-38-9-7-14)17-11-13-10-16-15(12-2-1-3-12)4-5-18(31)20(16)23(32)19(13)25(34)28(17,37)26(21)35/h4-5,12-14,17,22,30-32,35,37H,1-3,6-11H2,(H2,29,36)/t13-,17-,22+,28-/m0/s1. The number of rotatable bonds is 4. The van der Waals surface area contributed by atoms with E-state index in [1.165, 1.54) is 6.07 Å². The van der Waals surface area contributed by atoms with Gasteiger partial charge in [-0.1, -0.05) is 12.5 Å². The van der Waals surface area contributed by atoms with Crippen LogP contribution in [0.1, 0.15) is 61.1 Å². The Labute approximate surface area is 219 Å². The van der Waals surface area contributed by atoms with Gasteiger partial charge in [0, 0.05) is 30.7 Å². The molecule has 7 N–H and O–H groups in total. The Kier molecular flexibility index (Phi) is 5.89. The highest BCUT2D eigenvalue weighted by Crippen LogP contribution is 2.53. The van der Waals surface area contributed by atoms with Crippen LogP contribution in [0.5, 0.6) is 5.75 Å². The van der Waals surface area contributed by atoms with Gasteiger partial charge in [-0.2, -0.15) is 0 Å². The quantitative estimate of drug-likeness (QED) is 0.318. The maximum absolute atomic E-state index is 14.0. The summed E-state index contributed by atoms with van der Waals surface area (Å²) in [6.45, 7) is 0.952.